The molecule has 0 saturated heterocycles. The van der Waals surface area contributed by atoms with E-state index in [0.717, 1.165) is 18.7 Å². The number of aryl methyl sites for hydroxylation is 2. The van der Waals surface area contributed by atoms with Gasteiger partial charge in [-0.25, -0.2) is 9.13 Å². The second-order valence-corrected chi connectivity index (χ2v) is 7.04. The summed E-state index contributed by atoms with van der Waals surface area (Å²) in [5, 5.41) is 0. The second kappa shape index (κ2) is 7.33. The summed E-state index contributed by atoms with van der Waals surface area (Å²) in [6.45, 7) is 16.8. The smallest absolute Gasteiger partial charge is 0.227 e. The standard InChI is InChI=1S/C24H29N2/c1-7-21-12-14-22(15-13-21)16-26-20(6)19(5)25(8-2)24(26)23-17(3)10-9-11-18(23)4/h7,9-15H,1,8,16H2,2-6H3/q+1. The molecule has 2 heteroatoms. The summed E-state index contributed by atoms with van der Waals surface area (Å²) >= 11 is 0. The maximum absolute atomic E-state index is 3.85. The third-order valence-corrected chi connectivity index (χ3v) is 5.42. The van der Waals surface area contributed by atoms with Crippen LogP contribution >= 0.6 is 0 Å². The fourth-order valence-corrected chi connectivity index (χ4v) is 3.81. The lowest BCUT2D eigenvalue weighted by Crippen LogP contribution is -2.39. The van der Waals surface area contributed by atoms with Crippen LogP contribution in [0, 0.1) is 27.7 Å². The second-order valence-electron chi connectivity index (χ2n) is 7.04. The first-order valence-corrected chi connectivity index (χ1v) is 9.35. The molecule has 0 aliphatic heterocycles. The summed E-state index contributed by atoms with van der Waals surface area (Å²) in [5.74, 6) is 1.31. The lowest BCUT2D eigenvalue weighted by Gasteiger charge is -2.11. The monoisotopic (exact) mass is 345 g/mol. The molecule has 1 aromatic heterocycles. The van der Waals surface area contributed by atoms with E-state index in [4.69, 9.17) is 0 Å². The number of imidazole rings is 1. The van der Waals surface area contributed by atoms with Crippen LogP contribution in [-0.4, -0.2) is 4.57 Å². The average molecular weight is 346 g/mol. The van der Waals surface area contributed by atoms with Crippen molar-refractivity contribution in [3.63, 3.8) is 0 Å². The van der Waals surface area contributed by atoms with E-state index in [0.29, 0.717) is 0 Å². The quantitative estimate of drug-likeness (QED) is 0.548. The molecule has 0 saturated carbocycles. The van der Waals surface area contributed by atoms with Gasteiger partial charge in [0.1, 0.15) is 17.9 Å². The van der Waals surface area contributed by atoms with E-state index < -0.39 is 0 Å². The number of benzene rings is 2. The van der Waals surface area contributed by atoms with E-state index >= 15 is 0 Å². The highest BCUT2D eigenvalue weighted by molar-refractivity contribution is 5.63. The fourth-order valence-electron chi connectivity index (χ4n) is 3.81. The molecule has 0 unspecified atom stereocenters. The summed E-state index contributed by atoms with van der Waals surface area (Å²) in [6.07, 6.45) is 1.89. The zero-order valence-electron chi connectivity index (χ0n) is 16.6. The summed E-state index contributed by atoms with van der Waals surface area (Å²) < 4.78 is 4.92. The largest absolute Gasteiger partial charge is 0.290 e. The molecule has 0 atom stereocenters. The van der Waals surface area contributed by atoms with E-state index in [1.54, 1.807) is 0 Å². The van der Waals surface area contributed by atoms with Gasteiger partial charge in [-0.3, -0.25) is 0 Å². The van der Waals surface area contributed by atoms with E-state index in [2.05, 4.69) is 92.8 Å². The van der Waals surface area contributed by atoms with E-state index in [9.17, 15) is 0 Å². The lowest BCUT2D eigenvalue weighted by atomic mass is 10.0. The normalized spacial score (nSPS) is 11.0. The Balaban J connectivity index is 2.20. The van der Waals surface area contributed by atoms with Gasteiger partial charge in [-0.15, -0.1) is 0 Å². The van der Waals surface area contributed by atoms with Crippen LogP contribution < -0.4 is 4.57 Å². The molecule has 26 heavy (non-hydrogen) atoms. The number of aromatic nitrogens is 2. The highest BCUT2D eigenvalue weighted by Gasteiger charge is 2.28. The molecule has 0 radical (unpaired) electrons. The Labute approximate surface area is 157 Å². The number of nitrogens with zero attached hydrogens (tertiary/aromatic N) is 2. The van der Waals surface area contributed by atoms with Gasteiger partial charge in [0.2, 0.25) is 0 Å². The van der Waals surface area contributed by atoms with Gasteiger partial charge < -0.3 is 0 Å². The van der Waals surface area contributed by atoms with Gasteiger partial charge in [0.25, 0.3) is 5.82 Å². The van der Waals surface area contributed by atoms with Crippen molar-refractivity contribution >= 4 is 6.08 Å². The molecule has 1 heterocycles. The van der Waals surface area contributed by atoms with Crippen LogP contribution in [-0.2, 0) is 13.1 Å². The van der Waals surface area contributed by atoms with Crippen molar-refractivity contribution in [2.24, 2.45) is 0 Å². The molecular weight excluding hydrogens is 316 g/mol. The summed E-state index contributed by atoms with van der Waals surface area (Å²) in [4.78, 5) is 0. The molecular formula is C24H29N2+. The summed E-state index contributed by atoms with van der Waals surface area (Å²) in [7, 11) is 0. The Morgan fingerprint density at radius 1 is 0.962 bits per heavy atom. The zero-order chi connectivity index (χ0) is 18.8. The molecule has 0 aliphatic carbocycles. The van der Waals surface area contributed by atoms with Gasteiger partial charge in [-0.2, -0.15) is 0 Å². The van der Waals surface area contributed by atoms with E-state index in [-0.39, 0.29) is 0 Å². The van der Waals surface area contributed by atoms with E-state index in [1.807, 2.05) is 6.08 Å². The van der Waals surface area contributed by atoms with Gasteiger partial charge in [-0.05, 0) is 43.0 Å². The van der Waals surface area contributed by atoms with Gasteiger partial charge in [-0.1, -0.05) is 55.1 Å². The lowest BCUT2D eigenvalue weighted by molar-refractivity contribution is -0.682. The predicted molar refractivity (Wildman–Crippen MR) is 110 cm³/mol. The van der Waals surface area contributed by atoms with Gasteiger partial charge in [0.15, 0.2) is 0 Å². The van der Waals surface area contributed by atoms with Crippen molar-refractivity contribution in [3.8, 4) is 11.4 Å². The highest BCUT2D eigenvalue weighted by atomic mass is 15.2. The molecule has 2 aromatic carbocycles. The van der Waals surface area contributed by atoms with Crippen LogP contribution in [0.2, 0.25) is 0 Å². The predicted octanol–water partition coefficient (Wildman–Crippen LogP) is 5.39. The van der Waals surface area contributed by atoms with Crippen molar-refractivity contribution in [2.75, 3.05) is 0 Å². The molecule has 0 aliphatic rings. The van der Waals surface area contributed by atoms with Gasteiger partial charge in [0.05, 0.1) is 12.1 Å². The van der Waals surface area contributed by atoms with Crippen LogP contribution in [0.5, 0.6) is 0 Å². The number of rotatable bonds is 5. The maximum Gasteiger partial charge on any atom is 0.290 e. The van der Waals surface area contributed by atoms with Crippen LogP contribution in [0.15, 0.2) is 49.0 Å². The summed E-state index contributed by atoms with van der Waals surface area (Å²) in [6, 6.07) is 15.3. The molecule has 0 bridgehead atoms. The number of hydrogen-bond acceptors (Lipinski definition) is 0. The van der Waals surface area contributed by atoms with E-state index in [1.165, 1.54) is 39.5 Å². The van der Waals surface area contributed by atoms with Crippen molar-refractivity contribution < 1.29 is 4.57 Å². The van der Waals surface area contributed by atoms with Crippen molar-refractivity contribution in [2.45, 2.75) is 47.7 Å². The molecule has 3 aromatic rings. The minimum absolute atomic E-state index is 0.875. The maximum atomic E-state index is 3.85. The minimum Gasteiger partial charge on any atom is -0.227 e. The van der Waals surface area contributed by atoms with Crippen molar-refractivity contribution in [3.05, 3.63) is 82.7 Å². The number of hydrogen-bond donors (Lipinski definition) is 0. The van der Waals surface area contributed by atoms with Crippen molar-refractivity contribution in [1.82, 2.24) is 4.57 Å². The van der Waals surface area contributed by atoms with Crippen LogP contribution in [0.1, 0.15) is 40.6 Å². The highest BCUT2D eigenvalue weighted by Crippen LogP contribution is 2.27. The Morgan fingerprint density at radius 3 is 2.12 bits per heavy atom. The topological polar surface area (TPSA) is 8.81 Å². The van der Waals surface area contributed by atoms with Crippen molar-refractivity contribution in [1.29, 1.82) is 0 Å². The Kier molecular flexibility index (Phi) is 5.13. The average Bonchev–Trinajstić information content (AvgIpc) is 2.87. The first-order chi connectivity index (χ1) is 12.5. The molecule has 3 rings (SSSR count). The SMILES string of the molecule is C=Cc1ccc(C[n+]2c(C)c(C)n(CC)c2-c2c(C)cccc2C)cc1. The Bertz CT molecular complexity index is 923. The molecule has 0 fully saturated rings. The molecule has 0 spiro atoms. The molecule has 134 valence electrons. The summed E-state index contributed by atoms with van der Waals surface area (Å²) in [5.41, 5.74) is 9.15. The van der Waals surface area contributed by atoms with Crippen LogP contribution in [0.4, 0.5) is 0 Å². The molecule has 0 amide bonds. The van der Waals surface area contributed by atoms with Gasteiger partial charge in [0, 0.05) is 13.8 Å². The minimum atomic E-state index is 0.875. The van der Waals surface area contributed by atoms with Gasteiger partial charge >= 0.3 is 0 Å². The third-order valence-electron chi connectivity index (χ3n) is 5.42. The zero-order valence-corrected chi connectivity index (χ0v) is 16.6. The van der Waals surface area contributed by atoms with Crippen LogP contribution in [0.3, 0.4) is 0 Å². The first-order valence-electron chi connectivity index (χ1n) is 9.35. The molecule has 0 N–H and O–H groups in total. The third kappa shape index (κ3) is 3.12. The first kappa shape index (κ1) is 18.2. The Hall–Kier alpha value is -2.61. The molecule has 2 nitrogen and oxygen atoms in total. The van der Waals surface area contributed by atoms with Crippen LogP contribution in [0.25, 0.3) is 17.5 Å². The fraction of sp³-hybridized carbons (Fsp3) is 0.292. The Morgan fingerprint density at radius 2 is 1.58 bits per heavy atom.